The number of aliphatic hydroxyl groups is 2. The average Bonchev–Trinajstić information content (AvgIpc) is 3.20. The molecule has 0 radical (unpaired) electrons. The molecule has 6 atom stereocenters. The Morgan fingerprint density at radius 2 is 1.84 bits per heavy atom. The van der Waals surface area contributed by atoms with Gasteiger partial charge in [-0.25, -0.2) is 9.59 Å². The van der Waals surface area contributed by atoms with Gasteiger partial charge in [0.1, 0.15) is 11.5 Å². The first-order valence-electron chi connectivity index (χ1n) is 12.3. The zero-order valence-electron chi connectivity index (χ0n) is 21.1. The molecular weight excluding hydrogens is 502 g/mol. The zero-order chi connectivity index (χ0) is 27.6. The monoisotopic (exact) mass is 531 g/mol. The van der Waals surface area contributed by atoms with Crippen LogP contribution in [0.15, 0.2) is 24.0 Å². The molecule has 1 aromatic rings. The van der Waals surface area contributed by atoms with Crippen molar-refractivity contribution in [3.8, 4) is 5.75 Å². The smallest absolute Gasteiger partial charge is 0.357 e. The maximum atomic E-state index is 13.3. The van der Waals surface area contributed by atoms with Crippen LogP contribution in [-0.4, -0.2) is 87.6 Å². The Morgan fingerprint density at radius 1 is 1.16 bits per heavy atom. The van der Waals surface area contributed by atoms with Crippen LogP contribution < -0.4 is 4.74 Å². The highest BCUT2D eigenvalue weighted by Crippen LogP contribution is 2.64. The molecule has 1 saturated heterocycles. The second kappa shape index (κ2) is 9.07. The van der Waals surface area contributed by atoms with Crippen molar-refractivity contribution in [1.82, 2.24) is 4.90 Å². The van der Waals surface area contributed by atoms with Gasteiger partial charge in [0.15, 0.2) is 6.10 Å². The molecule has 2 aliphatic carbocycles. The van der Waals surface area contributed by atoms with Crippen LogP contribution in [0.1, 0.15) is 43.4 Å². The summed E-state index contributed by atoms with van der Waals surface area (Å²) in [4.78, 5) is 50.3. The molecule has 3 N–H and O–H groups in total. The number of carbonyl (C=O) groups excluding carboxylic acids is 3. The Bertz CT molecular complexity index is 1260. The highest BCUT2D eigenvalue weighted by Gasteiger charge is 2.72. The lowest BCUT2D eigenvalue weighted by Gasteiger charge is -2.61. The summed E-state index contributed by atoms with van der Waals surface area (Å²) in [5, 5.41) is 31.8. The van der Waals surface area contributed by atoms with E-state index in [2.05, 4.69) is 4.90 Å². The van der Waals surface area contributed by atoms with Gasteiger partial charge in [-0.2, -0.15) is 0 Å². The number of hydrogen-bond donors (Lipinski definition) is 3. The topological polar surface area (TPSA) is 169 Å². The number of esters is 3. The molecule has 4 aliphatic rings. The summed E-state index contributed by atoms with van der Waals surface area (Å²) < 4.78 is 21.7. The minimum atomic E-state index is -2.14. The van der Waals surface area contributed by atoms with Crippen molar-refractivity contribution in [3.63, 3.8) is 0 Å². The maximum Gasteiger partial charge on any atom is 0.357 e. The van der Waals surface area contributed by atoms with Crippen LogP contribution in [0.3, 0.4) is 0 Å². The fourth-order valence-corrected chi connectivity index (χ4v) is 6.64. The summed E-state index contributed by atoms with van der Waals surface area (Å²) in [6.45, 7) is 2.25. The third kappa shape index (κ3) is 3.62. The fourth-order valence-electron chi connectivity index (χ4n) is 6.64. The number of rotatable bonds is 7. The lowest BCUT2D eigenvalue weighted by atomic mass is 9.50. The molecule has 2 aliphatic heterocycles. The number of nitrogens with zero attached hydrogens (tertiary/aromatic N) is 1. The molecule has 1 spiro atoms. The number of piperidine rings is 1. The van der Waals surface area contributed by atoms with E-state index in [-0.39, 0.29) is 24.8 Å². The minimum absolute atomic E-state index is 0.0139. The number of aliphatic hydroxyl groups excluding tert-OH is 1. The minimum Gasteiger partial charge on any atom is -0.481 e. The first kappa shape index (κ1) is 26.1. The van der Waals surface area contributed by atoms with Crippen molar-refractivity contribution in [2.45, 2.75) is 75.1 Å². The van der Waals surface area contributed by atoms with Gasteiger partial charge < -0.3 is 39.2 Å². The molecule has 1 fully saturated rings. The summed E-state index contributed by atoms with van der Waals surface area (Å²) in [5.41, 5.74) is -0.00318. The van der Waals surface area contributed by atoms with Crippen molar-refractivity contribution in [2.24, 2.45) is 0 Å². The third-order valence-electron chi connectivity index (χ3n) is 8.18. The van der Waals surface area contributed by atoms with E-state index in [0.29, 0.717) is 30.7 Å². The number of carbonyl (C=O) groups is 4. The summed E-state index contributed by atoms with van der Waals surface area (Å²) in [5.74, 6) is -4.52. The van der Waals surface area contributed by atoms with E-state index in [1.165, 1.54) is 6.08 Å². The second-order valence-electron chi connectivity index (χ2n) is 10.2. The van der Waals surface area contributed by atoms with Crippen LogP contribution in [0.25, 0.3) is 0 Å². The number of aliphatic carboxylic acids is 1. The predicted octanol–water partition coefficient (Wildman–Crippen LogP) is -0.0522. The van der Waals surface area contributed by atoms with E-state index in [4.69, 9.17) is 18.9 Å². The SMILES string of the molecule is CC(=O)O[C@H](C(=O)O)[C@H](OC(C)=O)C(=O)OC1=CC[C@@]2(O)[C@H]3Cc4ccc(CO)c5c4C2(CCN3C)C1O5. The number of likely N-dealkylation sites (N-methyl/N-ethyl adjacent to an activating group) is 1. The van der Waals surface area contributed by atoms with Crippen LogP contribution in [0.4, 0.5) is 0 Å². The highest BCUT2D eigenvalue weighted by atomic mass is 16.6. The Hall–Kier alpha value is -3.48. The first-order chi connectivity index (χ1) is 17.9. The van der Waals surface area contributed by atoms with Crippen molar-refractivity contribution in [2.75, 3.05) is 13.6 Å². The van der Waals surface area contributed by atoms with Gasteiger partial charge in [-0.15, -0.1) is 0 Å². The van der Waals surface area contributed by atoms with E-state index in [9.17, 15) is 34.5 Å². The van der Waals surface area contributed by atoms with E-state index < -0.39 is 53.2 Å². The number of carboxylic acids is 1. The van der Waals surface area contributed by atoms with Gasteiger partial charge in [0.05, 0.1) is 17.6 Å². The lowest BCUT2D eigenvalue weighted by Crippen LogP contribution is -2.74. The van der Waals surface area contributed by atoms with E-state index >= 15 is 0 Å². The van der Waals surface area contributed by atoms with E-state index in [1.807, 2.05) is 13.1 Å². The molecule has 1 aromatic carbocycles. The number of hydrogen-bond acceptors (Lipinski definition) is 11. The van der Waals surface area contributed by atoms with Crippen LogP contribution >= 0.6 is 0 Å². The molecule has 2 unspecified atom stereocenters. The van der Waals surface area contributed by atoms with Gasteiger partial charge >= 0.3 is 23.9 Å². The molecule has 0 aromatic heterocycles. The Morgan fingerprint density at radius 3 is 2.47 bits per heavy atom. The molecule has 5 rings (SSSR count). The average molecular weight is 532 g/mol. The molecule has 2 heterocycles. The van der Waals surface area contributed by atoms with Crippen molar-refractivity contribution in [1.29, 1.82) is 0 Å². The van der Waals surface area contributed by atoms with Gasteiger partial charge in [0.2, 0.25) is 12.2 Å². The summed E-state index contributed by atoms with van der Waals surface area (Å²) in [7, 11) is 1.94. The van der Waals surface area contributed by atoms with Gasteiger partial charge in [-0.1, -0.05) is 12.1 Å². The van der Waals surface area contributed by atoms with Crippen molar-refractivity contribution >= 4 is 23.9 Å². The zero-order valence-corrected chi connectivity index (χ0v) is 21.1. The summed E-state index contributed by atoms with van der Waals surface area (Å²) in [6, 6.07) is 3.44. The first-order valence-corrected chi connectivity index (χ1v) is 12.3. The Labute approximate surface area is 217 Å². The standard InChI is InChI=1S/C26H29NO11/c1-12(29)35-20(23(31)32)21(36-13(2)30)24(33)37-16-6-7-26(34)17-10-14-4-5-15(11-28)19-18(14)25(26,22(16)38-19)8-9-27(17)3/h4-6,17,20-22,28,34H,7-11H2,1-3H3,(H,31,32)/t17-,20+,21+,22?,25?,26-/m1/s1. The Kier molecular flexibility index (Phi) is 6.24. The number of ether oxygens (including phenoxy) is 4. The molecule has 0 saturated carbocycles. The van der Waals surface area contributed by atoms with Crippen molar-refractivity contribution in [3.05, 3.63) is 40.7 Å². The van der Waals surface area contributed by atoms with E-state index in [0.717, 1.165) is 25.0 Å². The fraction of sp³-hybridized carbons (Fsp3) is 0.538. The predicted molar refractivity (Wildman–Crippen MR) is 126 cm³/mol. The van der Waals surface area contributed by atoms with Gasteiger partial charge in [-0.3, -0.25) is 9.59 Å². The van der Waals surface area contributed by atoms with Crippen LogP contribution in [0, 0.1) is 0 Å². The van der Waals surface area contributed by atoms with Crippen molar-refractivity contribution < 1.29 is 53.4 Å². The van der Waals surface area contributed by atoms with Crippen LogP contribution in [-0.2, 0) is 51.8 Å². The highest BCUT2D eigenvalue weighted by molar-refractivity contribution is 5.88. The quantitative estimate of drug-likeness (QED) is 0.317. The third-order valence-corrected chi connectivity index (χ3v) is 8.18. The molecule has 38 heavy (non-hydrogen) atoms. The van der Waals surface area contributed by atoms with Gasteiger partial charge in [-0.05, 0) is 38.1 Å². The number of benzene rings is 1. The van der Waals surface area contributed by atoms with Crippen LogP contribution in [0.5, 0.6) is 5.75 Å². The lowest BCUT2D eigenvalue weighted by molar-refractivity contribution is -0.190. The van der Waals surface area contributed by atoms with Crippen LogP contribution in [0.2, 0.25) is 0 Å². The Balaban J connectivity index is 1.56. The van der Waals surface area contributed by atoms with Gasteiger partial charge in [0.25, 0.3) is 0 Å². The molecule has 12 heteroatoms. The molecule has 0 amide bonds. The molecule has 2 bridgehead atoms. The normalized spacial score (nSPS) is 30.2. The summed E-state index contributed by atoms with van der Waals surface area (Å²) in [6.07, 6.45) is -2.54. The molecular formula is C26H29NO11. The number of carboxylic acid groups (broad SMARTS) is 1. The molecule has 204 valence electrons. The van der Waals surface area contributed by atoms with Gasteiger partial charge in [0, 0.05) is 37.4 Å². The second-order valence-corrected chi connectivity index (χ2v) is 10.2. The number of likely N-dealkylation sites (tertiary alicyclic amines) is 1. The maximum absolute atomic E-state index is 13.3. The molecule has 12 nitrogen and oxygen atoms in total. The largest absolute Gasteiger partial charge is 0.481 e. The van der Waals surface area contributed by atoms with E-state index in [1.54, 1.807) is 6.07 Å². The summed E-state index contributed by atoms with van der Waals surface area (Å²) >= 11 is 0.